The van der Waals surface area contributed by atoms with Gasteiger partial charge in [-0.2, -0.15) is 0 Å². The van der Waals surface area contributed by atoms with Gasteiger partial charge in [0.05, 0.1) is 30.6 Å². The molecular formula is C28H35FN6O4. The Hall–Kier alpha value is -3.70. The first-order chi connectivity index (χ1) is 18.6. The number of carbonyl (C=O) groups is 2. The van der Waals surface area contributed by atoms with Crippen LogP contribution < -0.4 is 5.32 Å². The SMILES string of the molecule is CC(C)c1cn([C@H](C(=O)N2C[C@H](O)C[C@H]2C(=O)N[C@@H](CO)c2ccc(-c3ccncc3F)cc2)C(C)C)nn1. The van der Waals surface area contributed by atoms with E-state index in [1.165, 1.54) is 15.8 Å². The molecule has 4 rings (SSSR count). The maximum Gasteiger partial charge on any atom is 0.248 e. The molecule has 3 N–H and O–H groups in total. The second-order valence-electron chi connectivity index (χ2n) is 10.6. The van der Waals surface area contributed by atoms with Gasteiger partial charge in [0, 0.05) is 30.9 Å². The summed E-state index contributed by atoms with van der Waals surface area (Å²) in [6.07, 6.45) is 3.61. The Morgan fingerprint density at radius 1 is 1.15 bits per heavy atom. The highest BCUT2D eigenvalue weighted by atomic mass is 19.1. The summed E-state index contributed by atoms with van der Waals surface area (Å²) in [5, 5.41) is 31.6. The van der Waals surface area contributed by atoms with Crippen molar-refractivity contribution in [2.45, 2.75) is 64.3 Å². The van der Waals surface area contributed by atoms with Crippen molar-refractivity contribution in [3.63, 3.8) is 0 Å². The number of β-amino-alcohol motifs (C(OH)–C–C–N with tert-alkyl or cyclic N) is 1. The molecule has 3 heterocycles. The molecule has 1 aromatic carbocycles. The van der Waals surface area contributed by atoms with Crippen molar-refractivity contribution in [3.05, 3.63) is 66.0 Å². The van der Waals surface area contributed by atoms with Crippen molar-refractivity contribution in [3.8, 4) is 11.1 Å². The van der Waals surface area contributed by atoms with Gasteiger partial charge < -0.3 is 20.4 Å². The van der Waals surface area contributed by atoms with E-state index < -0.39 is 36.0 Å². The highest BCUT2D eigenvalue weighted by Crippen LogP contribution is 2.28. The molecule has 2 amide bonds. The number of likely N-dealkylation sites (tertiary alicyclic amines) is 1. The van der Waals surface area contributed by atoms with Crippen LogP contribution in [0.2, 0.25) is 0 Å². The van der Waals surface area contributed by atoms with E-state index in [0.29, 0.717) is 16.7 Å². The number of amides is 2. The summed E-state index contributed by atoms with van der Waals surface area (Å²) in [6.45, 7) is 7.39. The highest BCUT2D eigenvalue weighted by molar-refractivity contribution is 5.90. The van der Waals surface area contributed by atoms with Crippen molar-refractivity contribution in [2.75, 3.05) is 13.2 Å². The fourth-order valence-electron chi connectivity index (χ4n) is 4.88. The lowest BCUT2D eigenvalue weighted by molar-refractivity contribution is -0.142. The lowest BCUT2D eigenvalue weighted by Gasteiger charge is -2.30. The highest BCUT2D eigenvalue weighted by Gasteiger charge is 2.43. The van der Waals surface area contributed by atoms with E-state index >= 15 is 0 Å². The largest absolute Gasteiger partial charge is 0.394 e. The standard InChI is InChI=1S/C28H35FN6O4/c1-16(2)23-14-35(33-32-23)26(17(3)4)28(39)34-13-20(37)11-25(34)27(38)31-24(15-36)19-7-5-18(6-8-19)21-9-10-30-12-22(21)29/h5-10,12,14,16-17,20,24-26,36-37H,11,13,15H2,1-4H3,(H,31,38)/t20-,24+,25+,26+/m1/s1. The Kier molecular flexibility index (Phi) is 8.71. The first-order valence-electron chi connectivity index (χ1n) is 13.1. The topological polar surface area (TPSA) is 133 Å². The Morgan fingerprint density at radius 2 is 1.87 bits per heavy atom. The number of benzene rings is 1. The Bertz CT molecular complexity index is 1300. The summed E-state index contributed by atoms with van der Waals surface area (Å²) >= 11 is 0. The molecule has 0 bridgehead atoms. The second-order valence-corrected chi connectivity index (χ2v) is 10.6. The first kappa shape index (κ1) is 28.3. The Labute approximate surface area is 226 Å². The van der Waals surface area contributed by atoms with Gasteiger partial charge >= 0.3 is 0 Å². The molecule has 39 heavy (non-hydrogen) atoms. The predicted octanol–water partition coefficient (Wildman–Crippen LogP) is 2.61. The molecule has 208 valence electrons. The Morgan fingerprint density at radius 3 is 2.46 bits per heavy atom. The molecule has 0 aliphatic carbocycles. The summed E-state index contributed by atoms with van der Waals surface area (Å²) in [7, 11) is 0. The number of carbonyl (C=O) groups excluding carboxylic acids is 2. The van der Waals surface area contributed by atoms with Gasteiger partial charge in [0.25, 0.3) is 0 Å². The number of nitrogens with one attached hydrogen (secondary N) is 1. The molecule has 0 saturated carbocycles. The average molecular weight is 539 g/mol. The van der Waals surface area contributed by atoms with Crippen LogP contribution >= 0.6 is 0 Å². The summed E-state index contributed by atoms with van der Waals surface area (Å²) in [4.78, 5) is 32.3. The number of hydrogen-bond acceptors (Lipinski definition) is 7. The van der Waals surface area contributed by atoms with Gasteiger partial charge in [0.2, 0.25) is 11.8 Å². The van der Waals surface area contributed by atoms with Crippen LogP contribution in [0.3, 0.4) is 0 Å². The van der Waals surface area contributed by atoms with Crippen molar-refractivity contribution in [1.29, 1.82) is 0 Å². The molecule has 0 radical (unpaired) electrons. The zero-order chi connectivity index (χ0) is 28.3. The number of halogens is 1. The third-order valence-electron chi connectivity index (χ3n) is 7.05. The summed E-state index contributed by atoms with van der Waals surface area (Å²) in [5.41, 5.74) is 2.39. The van der Waals surface area contributed by atoms with Gasteiger partial charge in [0.1, 0.15) is 17.9 Å². The first-order valence-corrected chi connectivity index (χ1v) is 13.1. The fourth-order valence-corrected chi connectivity index (χ4v) is 4.88. The molecule has 1 fully saturated rings. The van der Waals surface area contributed by atoms with Crippen LogP contribution in [0.25, 0.3) is 11.1 Å². The van der Waals surface area contributed by atoms with Crippen LogP contribution in [-0.4, -0.2) is 72.2 Å². The summed E-state index contributed by atoms with van der Waals surface area (Å²) < 4.78 is 15.6. The van der Waals surface area contributed by atoms with E-state index in [1.807, 2.05) is 27.7 Å². The summed E-state index contributed by atoms with van der Waals surface area (Å²) in [6, 6.07) is 6.02. The molecule has 11 heteroatoms. The second kappa shape index (κ2) is 12.0. The van der Waals surface area contributed by atoms with Crippen LogP contribution in [0.5, 0.6) is 0 Å². The molecule has 1 saturated heterocycles. The molecule has 4 atom stereocenters. The maximum absolute atomic E-state index is 14.1. The predicted molar refractivity (Wildman–Crippen MR) is 142 cm³/mol. The van der Waals surface area contributed by atoms with Crippen molar-refractivity contribution < 1.29 is 24.2 Å². The van der Waals surface area contributed by atoms with E-state index in [1.54, 1.807) is 36.5 Å². The van der Waals surface area contributed by atoms with Gasteiger partial charge in [-0.15, -0.1) is 5.10 Å². The van der Waals surface area contributed by atoms with Gasteiger partial charge in [-0.05, 0) is 29.0 Å². The lowest BCUT2D eigenvalue weighted by Crippen LogP contribution is -2.50. The molecule has 10 nitrogen and oxygen atoms in total. The lowest BCUT2D eigenvalue weighted by atomic mass is 10.0. The van der Waals surface area contributed by atoms with Gasteiger partial charge in [-0.3, -0.25) is 14.6 Å². The van der Waals surface area contributed by atoms with Crippen molar-refractivity contribution in [1.82, 2.24) is 30.2 Å². The van der Waals surface area contributed by atoms with Crippen LogP contribution in [0.1, 0.15) is 63.4 Å². The third-order valence-corrected chi connectivity index (χ3v) is 7.05. The molecule has 1 aliphatic heterocycles. The van der Waals surface area contributed by atoms with E-state index in [0.717, 1.165) is 11.9 Å². The molecule has 0 unspecified atom stereocenters. The Balaban J connectivity index is 1.51. The number of aliphatic hydroxyl groups is 2. The zero-order valence-corrected chi connectivity index (χ0v) is 22.5. The van der Waals surface area contributed by atoms with Gasteiger partial charge in [-0.1, -0.05) is 57.2 Å². The quantitative estimate of drug-likeness (QED) is 0.381. The molecule has 2 aromatic heterocycles. The normalized spacial score (nSPS) is 18.9. The van der Waals surface area contributed by atoms with E-state index in [-0.39, 0.29) is 37.3 Å². The summed E-state index contributed by atoms with van der Waals surface area (Å²) in [5.74, 6) is -1.26. The molecule has 1 aliphatic rings. The number of rotatable bonds is 9. The van der Waals surface area contributed by atoms with Gasteiger partial charge in [0.15, 0.2) is 0 Å². The van der Waals surface area contributed by atoms with Crippen LogP contribution in [-0.2, 0) is 9.59 Å². The zero-order valence-electron chi connectivity index (χ0n) is 22.5. The van der Waals surface area contributed by atoms with Crippen LogP contribution in [0, 0.1) is 11.7 Å². The minimum Gasteiger partial charge on any atom is -0.394 e. The van der Waals surface area contributed by atoms with E-state index in [2.05, 4.69) is 20.6 Å². The number of nitrogens with zero attached hydrogens (tertiary/aromatic N) is 5. The van der Waals surface area contributed by atoms with Crippen molar-refractivity contribution >= 4 is 11.8 Å². The van der Waals surface area contributed by atoms with E-state index in [4.69, 9.17) is 0 Å². The minimum absolute atomic E-state index is 0.0157. The molecule has 3 aromatic rings. The smallest absolute Gasteiger partial charge is 0.248 e. The van der Waals surface area contributed by atoms with Crippen LogP contribution in [0.15, 0.2) is 48.9 Å². The molecular weight excluding hydrogens is 503 g/mol. The number of aromatic nitrogens is 4. The number of hydrogen-bond donors (Lipinski definition) is 3. The maximum atomic E-state index is 14.1. The van der Waals surface area contributed by atoms with Gasteiger partial charge in [-0.25, -0.2) is 9.07 Å². The van der Waals surface area contributed by atoms with E-state index in [9.17, 15) is 24.2 Å². The third kappa shape index (κ3) is 6.15. The molecule has 0 spiro atoms. The van der Waals surface area contributed by atoms with Crippen molar-refractivity contribution in [2.24, 2.45) is 5.92 Å². The van der Waals surface area contributed by atoms with Crippen LogP contribution in [0.4, 0.5) is 4.39 Å². The number of aliphatic hydroxyl groups excluding tert-OH is 2. The monoisotopic (exact) mass is 538 g/mol. The number of pyridine rings is 1. The minimum atomic E-state index is -0.916. The fraction of sp³-hybridized carbons (Fsp3) is 0.464. The average Bonchev–Trinajstić information content (AvgIpc) is 3.55.